The second kappa shape index (κ2) is 9.95. The van der Waals surface area contributed by atoms with Crippen molar-refractivity contribution in [2.75, 3.05) is 0 Å². The van der Waals surface area contributed by atoms with E-state index in [4.69, 9.17) is 0 Å². The summed E-state index contributed by atoms with van der Waals surface area (Å²) in [5, 5.41) is 11.8. The molecule has 0 aliphatic rings. The first-order valence-electron chi connectivity index (χ1n) is 9.88. The molecule has 2 N–H and O–H groups in total. The molecule has 0 fully saturated rings. The second-order valence-electron chi connectivity index (χ2n) is 7.61. The summed E-state index contributed by atoms with van der Waals surface area (Å²) in [5.74, 6) is 0.381. The van der Waals surface area contributed by atoms with Crippen LogP contribution in [0.25, 0.3) is 0 Å². The third-order valence-corrected chi connectivity index (χ3v) is 6.78. The summed E-state index contributed by atoms with van der Waals surface area (Å²) in [4.78, 5) is 33.8. The van der Waals surface area contributed by atoms with E-state index in [1.165, 1.54) is 0 Å². The van der Waals surface area contributed by atoms with Crippen molar-refractivity contribution in [3.8, 4) is 0 Å². The summed E-state index contributed by atoms with van der Waals surface area (Å²) in [6.07, 6.45) is 0. The van der Waals surface area contributed by atoms with Gasteiger partial charge >= 0.3 is 0 Å². The summed E-state index contributed by atoms with van der Waals surface area (Å²) in [7, 11) is 0. The molecule has 6 nitrogen and oxygen atoms in total. The number of nitrogens with one attached hydrogen (secondary N) is 2. The summed E-state index contributed by atoms with van der Waals surface area (Å²) >= 11 is 3.21. The second-order valence-corrected chi connectivity index (χ2v) is 9.39. The lowest BCUT2D eigenvalue weighted by molar-refractivity contribution is 0.0938. The maximum atomic E-state index is 12.4. The van der Waals surface area contributed by atoms with Crippen LogP contribution in [0.5, 0.6) is 0 Å². The lowest BCUT2D eigenvalue weighted by Gasteiger charge is -2.06. The number of benzene rings is 1. The van der Waals surface area contributed by atoms with Crippen LogP contribution in [0.4, 0.5) is 0 Å². The minimum Gasteiger partial charge on any atom is -0.346 e. The van der Waals surface area contributed by atoms with Crippen LogP contribution in [0.15, 0.2) is 35.0 Å². The largest absolute Gasteiger partial charge is 0.346 e. The van der Waals surface area contributed by atoms with Crippen LogP contribution in [-0.2, 0) is 13.1 Å². The van der Waals surface area contributed by atoms with Gasteiger partial charge in [-0.05, 0) is 24.3 Å². The van der Waals surface area contributed by atoms with Gasteiger partial charge in [-0.1, -0.05) is 27.7 Å². The molecule has 0 spiro atoms. The lowest BCUT2D eigenvalue weighted by Crippen LogP contribution is -2.24. The van der Waals surface area contributed by atoms with Crippen molar-refractivity contribution in [2.24, 2.45) is 0 Å². The Bertz CT molecular complexity index is 925. The van der Waals surface area contributed by atoms with Crippen molar-refractivity contribution in [3.63, 3.8) is 0 Å². The molecule has 8 heteroatoms. The number of aromatic nitrogens is 2. The highest BCUT2D eigenvalue weighted by atomic mass is 32.1. The van der Waals surface area contributed by atoms with Crippen LogP contribution in [0.2, 0.25) is 0 Å². The quantitative estimate of drug-likeness (QED) is 0.529. The molecule has 0 bridgehead atoms. The molecule has 0 saturated carbocycles. The maximum Gasteiger partial charge on any atom is 0.251 e. The van der Waals surface area contributed by atoms with Gasteiger partial charge in [0, 0.05) is 33.7 Å². The predicted molar refractivity (Wildman–Crippen MR) is 121 cm³/mol. The van der Waals surface area contributed by atoms with E-state index in [9.17, 15) is 9.59 Å². The number of carbonyl (C=O) groups is 2. The fourth-order valence-corrected chi connectivity index (χ4v) is 4.33. The SMILES string of the molecule is CC(C)c1nc(CNC(=O)c2ccc(C(=O)NCc3csc(C(C)C)n3)cc2)cs1. The van der Waals surface area contributed by atoms with E-state index in [2.05, 4.69) is 48.3 Å². The summed E-state index contributed by atoms with van der Waals surface area (Å²) in [6.45, 7) is 9.15. The zero-order valence-electron chi connectivity index (χ0n) is 17.6. The average Bonchev–Trinajstić information content (AvgIpc) is 3.40. The molecule has 0 atom stereocenters. The standard InChI is InChI=1S/C22H26N4O2S2/c1-13(2)21-25-17(11-29-21)9-23-19(27)15-5-7-16(8-6-15)20(28)24-10-18-12-30-22(26-18)14(3)4/h5-8,11-14H,9-10H2,1-4H3,(H,23,27)(H,24,28). The number of hydrogen-bond donors (Lipinski definition) is 2. The van der Waals surface area contributed by atoms with Crippen LogP contribution >= 0.6 is 22.7 Å². The predicted octanol–water partition coefficient (Wildman–Crippen LogP) is 4.71. The minimum absolute atomic E-state index is 0.190. The van der Waals surface area contributed by atoms with Crippen LogP contribution in [0.1, 0.15) is 81.6 Å². The van der Waals surface area contributed by atoms with Crippen LogP contribution in [0, 0.1) is 0 Å². The van der Waals surface area contributed by atoms with Gasteiger partial charge in [-0.2, -0.15) is 0 Å². The number of carbonyl (C=O) groups excluding carboxylic acids is 2. The number of thiazole rings is 2. The number of amides is 2. The molecule has 3 rings (SSSR count). The molecular weight excluding hydrogens is 416 g/mol. The Morgan fingerprint density at radius 1 is 0.767 bits per heavy atom. The van der Waals surface area contributed by atoms with Crippen molar-refractivity contribution in [3.05, 3.63) is 67.6 Å². The summed E-state index contributed by atoms with van der Waals surface area (Å²) in [5.41, 5.74) is 2.73. The van der Waals surface area contributed by atoms with Gasteiger partial charge in [-0.15, -0.1) is 22.7 Å². The maximum absolute atomic E-state index is 12.4. The fraction of sp³-hybridized carbons (Fsp3) is 0.364. The normalized spacial score (nSPS) is 11.1. The first-order valence-corrected chi connectivity index (χ1v) is 11.6. The molecule has 3 aromatic rings. The zero-order valence-corrected chi connectivity index (χ0v) is 19.2. The first kappa shape index (κ1) is 22.1. The Balaban J connectivity index is 1.51. The number of nitrogens with zero attached hydrogens (tertiary/aromatic N) is 2. The van der Waals surface area contributed by atoms with Crippen LogP contribution in [-0.4, -0.2) is 21.8 Å². The van der Waals surface area contributed by atoms with Gasteiger partial charge in [0.25, 0.3) is 11.8 Å². The van der Waals surface area contributed by atoms with Gasteiger partial charge in [0.15, 0.2) is 0 Å². The molecule has 2 aromatic heterocycles. The van der Waals surface area contributed by atoms with E-state index in [0.29, 0.717) is 36.1 Å². The van der Waals surface area contributed by atoms with E-state index in [0.717, 1.165) is 21.4 Å². The minimum atomic E-state index is -0.190. The topological polar surface area (TPSA) is 84.0 Å². The van der Waals surface area contributed by atoms with Gasteiger partial charge in [0.2, 0.25) is 0 Å². The third-order valence-electron chi connectivity index (χ3n) is 4.40. The Morgan fingerprint density at radius 2 is 1.13 bits per heavy atom. The summed E-state index contributed by atoms with van der Waals surface area (Å²) < 4.78 is 0. The molecule has 0 unspecified atom stereocenters. The molecular formula is C22H26N4O2S2. The van der Waals surface area contributed by atoms with E-state index in [1.54, 1.807) is 46.9 Å². The van der Waals surface area contributed by atoms with E-state index in [1.807, 2.05) is 10.8 Å². The van der Waals surface area contributed by atoms with Crippen LogP contribution in [0.3, 0.4) is 0 Å². The molecule has 158 valence electrons. The van der Waals surface area contributed by atoms with Crippen LogP contribution < -0.4 is 10.6 Å². The van der Waals surface area contributed by atoms with Crippen molar-refractivity contribution in [2.45, 2.75) is 52.6 Å². The highest BCUT2D eigenvalue weighted by molar-refractivity contribution is 7.10. The van der Waals surface area contributed by atoms with Gasteiger partial charge in [-0.25, -0.2) is 9.97 Å². The molecule has 30 heavy (non-hydrogen) atoms. The Hall–Kier alpha value is -2.58. The van der Waals surface area contributed by atoms with Gasteiger partial charge in [0.1, 0.15) is 0 Å². The lowest BCUT2D eigenvalue weighted by atomic mass is 10.1. The van der Waals surface area contributed by atoms with E-state index in [-0.39, 0.29) is 11.8 Å². The first-order chi connectivity index (χ1) is 14.3. The molecule has 2 heterocycles. The smallest absolute Gasteiger partial charge is 0.251 e. The van der Waals surface area contributed by atoms with Crippen molar-refractivity contribution in [1.29, 1.82) is 0 Å². The molecule has 2 amide bonds. The average molecular weight is 443 g/mol. The molecule has 0 aliphatic carbocycles. The van der Waals surface area contributed by atoms with Gasteiger partial charge in [0.05, 0.1) is 34.5 Å². The van der Waals surface area contributed by atoms with Crippen molar-refractivity contribution in [1.82, 2.24) is 20.6 Å². The van der Waals surface area contributed by atoms with Gasteiger partial charge in [-0.3, -0.25) is 9.59 Å². The Kier molecular flexibility index (Phi) is 7.33. The number of hydrogen-bond acceptors (Lipinski definition) is 6. The molecule has 0 saturated heterocycles. The summed E-state index contributed by atoms with van der Waals surface area (Å²) in [6, 6.07) is 6.63. The van der Waals surface area contributed by atoms with E-state index >= 15 is 0 Å². The highest BCUT2D eigenvalue weighted by Crippen LogP contribution is 2.20. The fourth-order valence-electron chi connectivity index (χ4n) is 2.66. The zero-order chi connectivity index (χ0) is 21.7. The van der Waals surface area contributed by atoms with E-state index < -0.39 is 0 Å². The molecule has 0 radical (unpaired) electrons. The number of rotatable bonds is 8. The van der Waals surface area contributed by atoms with Gasteiger partial charge < -0.3 is 10.6 Å². The highest BCUT2D eigenvalue weighted by Gasteiger charge is 2.12. The van der Waals surface area contributed by atoms with Crippen molar-refractivity contribution >= 4 is 34.5 Å². The Morgan fingerprint density at radius 3 is 1.43 bits per heavy atom. The monoisotopic (exact) mass is 442 g/mol. The third kappa shape index (κ3) is 5.73. The van der Waals surface area contributed by atoms with Crippen molar-refractivity contribution < 1.29 is 9.59 Å². The Labute approximate surface area is 184 Å². The molecule has 0 aliphatic heterocycles. The molecule has 1 aromatic carbocycles.